The summed E-state index contributed by atoms with van der Waals surface area (Å²) in [4.78, 5) is 16.3. The molecule has 0 aliphatic carbocycles. The second-order valence-corrected chi connectivity index (χ2v) is 6.66. The lowest BCUT2D eigenvalue weighted by Gasteiger charge is -2.35. The van der Waals surface area contributed by atoms with E-state index in [1.165, 1.54) is 18.2 Å². The maximum atomic E-state index is 13.9. The molecule has 0 saturated carbocycles. The van der Waals surface area contributed by atoms with Gasteiger partial charge in [0.25, 0.3) is 5.91 Å². The molecule has 6 nitrogen and oxygen atoms in total. The fourth-order valence-corrected chi connectivity index (χ4v) is 3.27. The Hall–Kier alpha value is -3.29. The zero-order chi connectivity index (χ0) is 19.5. The molecule has 0 radical (unpaired) electrons. The number of amides is 1. The Morgan fingerprint density at radius 2 is 1.68 bits per heavy atom. The third kappa shape index (κ3) is 3.85. The van der Waals surface area contributed by atoms with Gasteiger partial charge >= 0.3 is 0 Å². The maximum Gasteiger partial charge on any atom is 0.276 e. The second kappa shape index (κ2) is 7.75. The van der Waals surface area contributed by atoms with Gasteiger partial charge in [0, 0.05) is 26.2 Å². The van der Waals surface area contributed by atoms with Crippen LogP contribution in [0.4, 0.5) is 14.5 Å². The van der Waals surface area contributed by atoms with Gasteiger partial charge in [-0.05, 0) is 29.8 Å². The molecular weight excluding hydrogens is 364 g/mol. The molecule has 0 spiro atoms. The number of aromatic nitrogens is 3. The summed E-state index contributed by atoms with van der Waals surface area (Å²) >= 11 is 0. The van der Waals surface area contributed by atoms with Gasteiger partial charge in [0.05, 0.1) is 18.4 Å². The molecule has 1 fully saturated rings. The Kier molecular flexibility index (Phi) is 5.01. The van der Waals surface area contributed by atoms with Crippen molar-refractivity contribution < 1.29 is 13.6 Å². The fraction of sp³-hybridized carbons (Fsp3) is 0.250. The Labute approximate surface area is 161 Å². The summed E-state index contributed by atoms with van der Waals surface area (Å²) in [5, 5.41) is 7.96. The lowest BCUT2D eigenvalue weighted by atomic mass is 10.2. The van der Waals surface area contributed by atoms with E-state index >= 15 is 0 Å². The molecule has 4 rings (SSSR count). The van der Waals surface area contributed by atoms with Crippen LogP contribution in [-0.2, 0) is 6.54 Å². The number of hydrogen-bond donors (Lipinski definition) is 0. The van der Waals surface area contributed by atoms with Crippen LogP contribution in [0.15, 0.2) is 54.7 Å². The minimum Gasteiger partial charge on any atom is -0.366 e. The molecule has 1 aliphatic rings. The van der Waals surface area contributed by atoms with Crippen molar-refractivity contribution >= 4 is 11.6 Å². The van der Waals surface area contributed by atoms with Crippen molar-refractivity contribution in [2.75, 3.05) is 31.1 Å². The number of benzene rings is 2. The highest BCUT2D eigenvalue weighted by Gasteiger charge is 2.25. The number of carbonyl (C=O) groups excluding carboxylic acids is 1. The van der Waals surface area contributed by atoms with E-state index in [1.54, 1.807) is 46.1 Å². The summed E-state index contributed by atoms with van der Waals surface area (Å²) in [5.41, 5.74) is 1.69. The van der Waals surface area contributed by atoms with Gasteiger partial charge in [-0.2, -0.15) is 0 Å². The van der Waals surface area contributed by atoms with Crippen LogP contribution in [0.5, 0.6) is 0 Å². The summed E-state index contributed by atoms with van der Waals surface area (Å²) < 4.78 is 28.5. The fourth-order valence-electron chi connectivity index (χ4n) is 3.27. The third-order valence-electron chi connectivity index (χ3n) is 4.78. The van der Waals surface area contributed by atoms with Crippen LogP contribution in [0.3, 0.4) is 0 Å². The molecule has 1 aliphatic heterocycles. The first-order valence-electron chi connectivity index (χ1n) is 9.03. The van der Waals surface area contributed by atoms with Gasteiger partial charge in [-0.1, -0.05) is 29.5 Å². The largest absolute Gasteiger partial charge is 0.366 e. The topological polar surface area (TPSA) is 54.3 Å². The highest BCUT2D eigenvalue weighted by atomic mass is 19.1. The Morgan fingerprint density at radius 3 is 2.39 bits per heavy atom. The average molecular weight is 383 g/mol. The normalized spacial score (nSPS) is 14.4. The van der Waals surface area contributed by atoms with Crippen molar-refractivity contribution in [1.82, 2.24) is 19.9 Å². The summed E-state index contributed by atoms with van der Waals surface area (Å²) in [7, 11) is 0. The number of halogens is 2. The lowest BCUT2D eigenvalue weighted by molar-refractivity contribution is 0.0740. The van der Waals surface area contributed by atoms with Crippen molar-refractivity contribution in [1.29, 1.82) is 0 Å². The average Bonchev–Trinajstić information content (AvgIpc) is 3.18. The molecule has 8 heteroatoms. The minimum atomic E-state index is -0.298. The maximum absolute atomic E-state index is 13.9. The molecule has 2 heterocycles. The summed E-state index contributed by atoms with van der Waals surface area (Å²) in [5.74, 6) is -0.753. The first-order chi connectivity index (χ1) is 13.6. The van der Waals surface area contributed by atoms with Crippen molar-refractivity contribution in [3.05, 3.63) is 77.6 Å². The van der Waals surface area contributed by atoms with Crippen molar-refractivity contribution in [3.63, 3.8) is 0 Å². The Balaban J connectivity index is 1.37. The SMILES string of the molecule is O=C(c1cn(Cc2ccc(F)cc2)nn1)N1CCN(c2ccccc2F)CC1. The third-order valence-corrected chi connectivity index (χ3v) is 4.78. The van der Waals surface area contributed by atoms with Crippen LogP contribution in [0.25, 0.3) is 0 Å². The van der Waals surface area contributed by atoms with E-state index in [-0.39, 0.29) is 23.2 Å². The van der Waals surface area contributed by atoms with Gasteiger partial charge < -0.3 is 9.80 Å². The van der Waals surface area contributed by atoms with Crippen LogP contribution < -0.4 is 4.90 Å². The predicted octanol–water partition coefficient (Wildman–Crippen LogP) is 2.57. The van der Waals surface area contributed by atoms with Gasteiger partial charge in [-0.25, -0.2) is 13.5 Å². The number of rotatable bonds is 4. The monoisotopic (exact) mass is 383 g/mol. The minimum absolute atomic E-state index is 0.196. The van der Waals surface area contributed by atoms with E-state index in [1.807, 2.05) is 4.90 Å². The van der Waals surface area contributed by atoms with E-state index in [9.17, 15) is 13.6 Å². The Morgan fingerprint density at radius 1 is 0.964 bits per heavy atom. The summed E-state index contributed by atoms with van der Waals surface area (Å²) in [6.45, 7) is 2.48. The molecule has 1 amide bonds. The van der Waals surface area contributed by atoms with Gasteiger partial charge in [-0.3, -0.25) is 4.79 Å². The summed E-state index contributed by atoms with van der Waals surface area (Å²) in [6.07, 6.45) is 1.59. The summed E-state index contributed by atoms with van der Waals surface area (Å²) in [6, 6.07) is 12.7. The zero-order valence-corrected chi connectivity index (χ0v) is 15.1. The number of piperazine rings is 1. The first kappa shape index (κ1) is 18.1. The van der Waals surface area contributed by atoms with Gasteiger partial charge in [0.15, 0.2) is 5.69 Å². The van der Waals surface area contributed by atoms with Crippen LogP contribution in [0, 0.1) is 11.6 Å². The first-order valence-corrected chi connectivity index (χ1v) is 9.03. The van der Waals surface area contributed by atoms with Crippen molar-refractivity contribution in [3.8, 4) is 0 Å². The van der Waals surface area contributed by atoms with Crippen LogP contribution >= 0.6 is 0 Å². The van der Waals surface area contributed by atoms with Gasteiger partial charge in [-0.15, -0.1) is 5.10 Å². The second-order valence-electron chi connectivity index (χ2n) is 6.66. The molecule has 0 N–H and O–H groups in total. The number of carbonyl (C=O) groups is 1. The molecule has 0 atom stereocenters. The zero-order valence-electron chi connectivity index (χ0n) is 15.1. The molecule has 1 saturated heterocycles. The lowest BCUT2D eigenvalue weighted by Crippen LogP contribution is -2.49. The molecule has 3 aromatic rings. The van der Waals surface area contributed by atoms with Gasteiger partial charge in [0.2, 0.25) is 0 Å². The molecule has 0 unspecified atom stereocenters. The molecule has 0 bridgehead atoms. The van der Waals surface area contributed by atoms with E-state index in [4.69, 9.17) is 0 Å². The van der Waals surface area contributed by atoms with E-state index in [2.05, 4.69) is 10.3 Å². The standard InChI is InChI=1S/C20H19F2N5O/c21-16-7-5-15(6-8-16)13-27-14-18(23-24-27)20(28)26-11-9-25(10-12-26)19-4-2-1-3-17(19)22/h1-8,14H,9-13H2. The highest BCUT2D eigenvalue weighted by Crippen LogP contribution is 2.20. The number of para-hydroxylation sites is 1. The van der Waals surface area contributed by atoms with Crippen LogP contribution in [0.2, 0.25) is 0 Å². The predicted molar refractivity (Wildman–Crippen MR) is 100 cm³/mol. The highest BCUT2D eigenvalue weighted by molar-refractivity contribution is 5.92. The quantitative estimate of drug-likeness (QED) is 0.695. The number of anilines is 1. The van der Waals surface area contributed by atoms with E-state index in [0.29, 0.717) is 38.4 Å². The number of nitrogens with zero attached hydrogens (tertiary/aromatic N) is 5. The molecular formula is C20H19F2N5O. The van der Waals surface area contributed by atoms with E-state index < -0.39 is 0 Å². The smallest absolute Gasteiger partial charge is 0.276 e. The molecule has 1 aromatic heterocycles. The molecule has 2 aromatic carbocycles. The van der Waals surface area contributed by atoms with Crippen molar-refractivity contribution in [2.45, 2.75) is 6.54 Å². The van der Waals surface area contributed by atoms with Crippen LogP contribution in [-0.4, -0.2) is 52.0 Å². The van der Waals surface area contributed by atoms with Gasteiger partial charge in [0.1, 0.15) is 11.6 Å². The molecule has 144 valence electrons. The van der Waals surface area contributed by atoms with Crippen molar-refractivity contribution in [2.24, 2.45) is 0 Å². The van der Waals surface area contributed by atoms with E-state index in [0.717, 1.165) is 5.56 Å². The number of hydrogen-bond acceptors (Lipinski definition) is 4. The van der Waals surface area contributed by atoms with Crippen LogP contribution in [0.1, 0.15) is 16.1 Å². The molecule has 28 heavy (non-hydrogen) atoms. The Bertz CT molecular complexity index is 965.